The summed E-state index contributed by atoms with van der Waals surface area (Å²) in [5, 5.41) is 27.1. The number of benzene rings is 2. The Morgan fingerprint density at radius 3 is 2.40 bits per heavy atom. The molecular formula is C20H25ClO4. The summed E-state index contributed by atoms with van der Waals surface area (Å²) >= 11 is 6.33. The van der Waals surface area contributed by atoms with E-state index in [4.69, 9.17) is 21.4 Å². The molecule has 0 aromatic heterocycles. The molecule has 1 fully saturated rings. The number of phenols is 1. The Labute approximate surface area is 153 Å². The third kappa shape index (κ3) is 5.44. The maximum absolute atomic E-state index is 9.97. The first kappa shape index (κ1) is 19.7. The highest BCUT2D eigenvalue weighted by Gasteiger charge is 2.27. The molecule has 1 saturated heterocycles. The average Bonchev–Trinajstić information content (AvgIpc) is 2.60. The molecule has 3 rings (SSSR count). The number of halogens is 1. The molecule has 5 heteroatoms. The van der Waals surface area contributed by atoms with Crippen molar-refractivity contribution < 1.29 is 20.1 Å². The van der Waals surface area contributed by atoms with Gasteiger partial charge in [-0.2, -0.15) is 0 Å². The van der Waals surface area contributed by atoms with Gasteiger partial charge in [0.1, 0.15) is 5.75 Å². The number of aliphatic hydroxyl groups is 2. The van der Waals surface area contributed by atoms with Gasteiger partial charge in [-0.3, -0.25) is 0 Å². The minimum atomic E-state index is -0.319. The summed E-state index contributed by atoms with van der Waals surface area (Å²) in [5.41, 5.74) is 3.15. The lowest BCUT2D eigenvalue weighted by molar-refractivity contribution is -0.0895. The molecule has 1 aliphatic heterocycles. The molecule has 2 aromatic rings. The van der Waals surface area contributed by atoms with Crippen LogP contribution in [0, 0.1) is 0 Å². The van der Waals surface area contributed by atoms with Crippen LogP contribution in [-0.4, -0.2) is 34.6 Å². The Morgan fingerprint density at radius 1 is 1.08 bits per heavy atom. The van der Waals surface area contributed by atoms with Crippen molar-refractivity contribution in [1.29, 1.82) is 0 Å². The minimum absolute atomic E-state index is 0.0555. The summed E-state index contributed by atoms with van der Waals surface area (Å²) in [5.74, 6) is 0.257. The van der Waals surface area contributed by atoms with Crippen LogP contribution in [0.4, 0.5) is 0 Å². The van der Waals surface area contributed by atoms with Crippen molar-refractivity contribution in [3.63, 3.8) is 0 Å². The van der Waals surface area contributed by atoms with E-state index in [1.165, 1.54) is 0 Å². The summed E-state index contributed by atoms with van der Waals surface area (Å²) in [4.78, 5) is 0. The van der Waals surface area contributed by atoms with Gasteiger partial charge in [-0.25, -0.2) is 0 Å². The smallest absolute Gasteiger partial charge is 0.115 e. The van der Waals surface area contributed by atoms with E-state index < -0.39 is 0 Å². The number of ether oxygens (including phenoxy) is 1. The van der Waals surface area contributed by atoms with Crippen molar-refractivity contribution in [2.75, 3.05) is 7.11 Å². The van der Waals surface area contributed by atoms with Gasteiger partial charge in [0, 0.05) is 18.6 Å². The first-order chi connectivity index (χ1) is 12.0. The maximum Gasteiger partial charge on any atom is 0.115 e. The number of hydrogen-bond acceptors (Lipinski definition) is 4. The second-order valence-corrected chi connectivity index (χ2v) is 6.66. The molecule has 0 saturated carbocycles. The van der Waals surface area contributed by atoms with Crippen molar-refractivity contribution in [1.82, 2.24) is 0 Å². The zero-order valence-corrected chi connectivity index (χ0v) is 15.3. The van der Waals surface area contributed by atoms with Crippen LogP contribution in [-0.2, 0) is 11.2 Å². The lowest BCUT2D eigenvalue weighted by Gasteiger charge is -2.31. The molecule has 136 valence electrons. The van der Waals surface area contributed by atoms with Gasteiger partial charge in [-0.05, 0) is 54.7 Å². The second-order valence-electron chi connectivity index (χ2n) is 6.25. The molecule has 0 spiro atoms. The average molecular weight is 365 g/mol. The topological polar surface area (TPSA) is 69.9 Å². The van der Waals surface area contributed by atoms with Crippen LogP contribution in [0.2, 0.25) is 5.02 Å². The Balaban J connectivity index is 0.00000109. The van der Waals surface area contributed by atoms with E-state index in [2.05, 4.69) is 6.07 Å². The zero-order valence-electron chi connectivity index (χ0n) is 14.5. The van der Waals surface area contributed by atoms with Gasteiger partial charge in [0.2, 0.25) is 0 Å². The Kier molecular flexibility index (Phi) is 7.26. The molecule has 25 heavy (non-hydrogen) atoms. The van der Waals surface area contributed by atoms with Crippen molar-refractivity contribution in [3.8, 4) is 5.75 Å². The van der Waals surface area contributed by atoms with Gasteiger partial charge in [0.25, 0.3) is 0 Å². The highest BCUT2D eigenvalue weighted by atomic mass is 35.5. The third-order valence-electron chi connectivity index (χ3n) is 4.26. The van der Waals surface area contributed by atoms with E-state index in [0.29, 0.717) is 24.3 Å². The molecule has 2 aromatic carbocycles. The molecule has 3 unspecified atom stereocenters. The molecule has 3 N–H and O–H groups in total. The van der Waals surface area contributed by atoms with Crippen molar-refractivity contribution >= 4 is 11.6 Å². The van der Waals surface area contributed by atoms with Crippen molar-refractivity contribution in [2.24, 2.45) is 0 Å². The van der Waals surface area contributed by atoms with E-state index in [1.807, 2.05) is 31.2 Å². The number of phenolic OH excluding ortho intramolecular Hbond substituents is 1. The Bertz CT molecular complexity index is 662. The zero-order chi connectivity index (χ0) is 18.4. The molecular weight excluding hydrogens is 340 g/mol. The van der Waals surface area contributed by atoms with E-state index in [1.54, 1.807) is 12.1 Å². The van der Waals surface area contributed by atoms with Crippen molar-refractivity contribution in [3.05, 3.63) is 64.2 Å². The van der Waals surface area contributed by atoms with E-state index in [0.717, 1.165) is 23.8 Å². The van der Waals surface area contributed by atoms with Crippen LogP contribution >= 0.6 is 11.6 Å². The molecule has 0 bridgehead atoms. The largest absolute Gasteiger partial charge is 0.508 e. The SMILES string of the molecule is CC1CC(O)CC(c2ccc(Cl)c(Cc3ccc(O)cc3)c2)O1.CO. The van der Waals surface area contributed by atoms with E-state index >= 15 is 0 Å². The first-order valence-electron chi connectivity index (χ1n) is 8.35. The lowest BCUT2D eigenvalue weighted by atomic mass is 9.94. The minimum Gasteiger partial charge on any atom is -0.508 e. The predicted octanol–water partition coefficient (Wildman–Crippen LogP) is 3.85. The van der Waals surface area contributed by atoms with Crippen LogP contribution in [0.3, 0.4) is 0 Å². The maximum atomic E-state index is 9.97. The number of hydrogen-bond donors (Lipinski definition) is 3. The van der Waals surface area contributed by atoms with E-state index in [-0.39, 0.29) is 24.1 Å². The van der Waals surface area contributed by atoms with Gasteiger partial charge in [0.15, 0.2) is 0 Å². The number of aliphatic hydroxyl groups excluding tert-OH is 2. The summed E-state index contributed by atoms with van der Waals surface area (Å²) in [6, 6.07) is 13.1. The van der Waals surface area contributed by atoms with Crippen LogP contribution in [0.1, 0.15) is 42.6 Å². The Morgan fingerprint density at radius 2 is 1.76 bits per heavy atom. The monoisotopic (exact) mass is 364 g/mol. The highest BCUT2D eigenvalue weighted by molar-refractivity contribution is 6.31. The molecule has 0 aliphatic carbocycles. The third-order valence-corrected chi connectivity index (χ3v) is 4.63. The summed E-state index contributed by atoms with van der Waals surface area (Å²) in [6.45, 7) is 1.99. The first-order valence-corrected chi connectivity index (χ1v) is 8.73. The molecule has 0 amide bonds. The fourth-order valence-corrected chi connectivity index (χ4v) is 3.28. The van der Waals surface area contributed by atoms with Crippen molar-refractivity contribution in [2.45, 2.75) is 44.5 Å². The highest BCUT2D eigenvalue weighted by Crippen LogP contribution is 2.33. The lowest BCUT2D eigenvalue weighted by Crippen LogP contribution is -2.29. The van der Waals surface area contributed by atoms with Gasteiger partial charge in [0.05, 0.1) is 18.3 Å². The second kappa shape index (κ2) is 9.20. The fraction of sp³-hybridized carbons (Fsp3) is 0.400. The van der Waals surface area contributed by atoms with Gasteiger partial charge in [-0.15, -0.1) is 0 Å². The summed E-state index contributed by atoms with van der Waals surface area (Å²) in [6.07, 6.45) is 1.64. The predicted molar refractivity (Wildman–Crippen MR) is 99.0 cm³/mol. The standard InChI is InChI=1S/C19H21ClO3.CH4O/c1-12-8-17(22)11-19(23-12)14-4-7-18(20)15(10-14)9-13-2-5-16(21)6-3-13;1-2/h2-7,10,12,17,19,21-22H,8-9,11H2,1H3;2H,1H3. The van der Waals surface area contributed by atoms with Crippen LogP contribution in [0.25, 0.3) is 0 Å². The molecule has 1 heterocycles. The van der Waals surface area contributed by atoms with Crippen LogP contribution in [0.15, 0.2) is 42.5 Å². The molecule has 3 atom stereocenters. The Hall–Kier alpha value is -1.59. The molecule has 1 aliphatic rings. The van der Waals surface area contributed by atoms with Gasteiger partial charge >= 0.3 is 0 Å². The molecule has 4 nitrogen and oxygen atoms in total. The van der Waals surface area contributed by atoms with Gasteiger partial charge < -0.3 is 20.1 Å². The quantitative estimate of drug-likeness (QED) is 0.773. The number of aromatic hydroxyl groups is 1. The van der Waals surface area contributed by atoms with Crippen LogP contribution < -0.4 is 0 Å². The fourth-order valence-electron chi connectivity index (χ4n) is 3.10. The van der Waals surface area contributed by atoms with E-state index in [9.17, 15) is 10.2 Å². The van der Waals surface area contributed by atoms with Crippen LogP contribution in [0.5, 0.6) is 5.75 Å². The normalized spacial score (nSPS) is 22.8. The summed E-state index contributed by atoms with van der Waals surface area (Å²) < 4.78 is 5.97. The number of rotatable bonds is 3. The molecule has 0 radical (unpaired) electrons. The summed E-state index contributed by atoms with van der Waals surface area (Å²) in [7, 11) is 1.00. The van der Waals surface area contributed by atoms with Gasteiger partial charge in [-0.1, -0.05) is 35.9 Å².